The molecule has 1 heterocycles. The van der Waals surface area contributed by atoms with Crippen molar-refractivity contribution in [2.24, 2.45) is 0 Å². The van der Waals surface area contributed by atoms with Crippen LogP contribution in [0.5, 0.6) is 11.5 Å². The standard InChI is InChI=1S/C25H25F3N2O2.C25H28N2O2.C2H6/c1-16-10-11-19(32-15-18-12-13-30(18)2)14-22(16)24(31)29-23(25(26,27)28)21-9-5-7-17-6-3-4-8-20(17)21;1-18-11-12-20(29-16-15-27(2)3)17-22(18)24(28)26-25(13-14-25)23-10-6-8-19-7-4-5-9-21(19)23;1-2/h3-11,14,18,23H,12-13,15H2,1-2H3,(H,29,31);4-12,17H,13-16H2,1-3H3,(H,26,28);1-2H3. The fourth-order valence-corrected chi connectivity index (χ4v) is 7.75. The Morgan fingerprint density at radius 2 is 1.32 bits per heavy atom. The number of hydrogen-bond acceptors (Lipinski definition) is 6. The van der Waals surface area contributed by atoms with Crippen LogP contribution in [-0.4, -0.2) is 81.3 Å². The molecule has 63 heavy (non-hydrogen) atoms. The fraction of sp³-hybridized carbons (Fsp3) is 0.346. The van der Waals surface area contributed by atoms with Gasteiger partial charge in [-0.1, -0.05) is 111 Å². The molecule has 0 spiro atoms. The number of ether oxygens (including phenoxy) is 2. The van der Waals surface area contributed by atoms with Crippen LogP contribution < -0.4 is 20.1 Å². The smallest absolute Gasteiger partial charge is 0.412 e. The topological polar surface area (TPSA) is 83.1 Å². The Kier molecular flexibility index (Phi) is 15.2. The Hall–Kier alpha value is -5.91. The molecule has 8 rings (SSSR count). The highest BCUT2D eigenvalue weighted by Gasteiger charge is 2.47. The highest BCUT2D eigenvalue weighted by atomic mass is 19.4. The number of likely N-dealkylation sites (N-methyl/N-ethyl adjacent to an activating group) is 2. The molecule has 2 unspecified atom stereocenters. The SMILES string of the molecule is CC.Cc1ccc(OCC2CCN2C)cc1C(=O)NC(c1cccc2ccccc12)C(F)(F)F.Cc1ccc(OCCN(C)C)cc1C(=O)NC1(c2cccc3ccccc23)CC1. The summed E-state index contributed by atoms with van der Waals surface area (Å²) in [5, 5.41) is 9.10. The first-order chi connectivity index (χ1) is 30.2. The van der Waals surface area contributed by atoms with E-state index in [-0.39, 0.29) is 22.6 Å². The zero-order chi connectivity index (χ0) is 45.3. The summed E-state index contributed by atoms with van der Waals surface area (Å²) in [6.45, 7) is 10.6. The summed E-state index contributed by atoms with van der Waals surface area (Å²) in [6, 6.07) is 35.1. The van der Waals surface area contributed by atoms with E-state index in [0.29, 0.717) is 46.9 Å². The van der Waals surface area contributed by atoms with E-state index in [0.717, 1.165) is 43.7 Å². The van der Waals surface area contributed by atoms with Gasteiger partial charge in [0.15, 0.2) is 6.04 Å². The summed E-state index contributed by atoms with van der Waals surface area (Å²) in [6.07, 6.45) is -1.69. The quantitative estimate of drug-likeness (QED) is 0.120. The lowest BCUT2D eigenvalue weighted by Gasteiger charge is -2.37. The molecule has 2 N–H and O–H groups in total. The van der Waals surface area contributed by atoms with Gasteiger partial charge in [-0.3, -0.25) is 14.5 Å². The van der Waals surface area contributed by atoms with E-state index in [4.69, 9.17) is 9.47 Å². The van der Waals surface area contributed by atoms with Crippen molar-refractivity contribution in [2.45, 2.75) is 70.8 Å². The van der Waals surface area contributed by atoms with Crippen LogP contribution in [0.3, 0.4) is 0 Å². The molecule has 8 nitrogen and oxygen atoms in total. The number of likely N-dealkylation sites (tertiary alicyclic amines) is 1. The summed E-state index contributed by atoms with van der Waals surface area (Å²) in [4.78, 5) is 30.4. The summed E-state index contributed by atoms with van der Waals surface area (Å²) in [7, 11) is 6.04. The number of alkyl halides is 3. The summed E-state index contributed by atoms with van der Waals surface area (Å²) in [5.74, 6) is 0.377. The summed E-state index contributed by atoms with van der Waals surface area (Å²) in [5.41, 5.74) is 3.33. The van der Waals surface area contributed by atoms with E-state index in [1.54, 1.807) is 55.5 Å². The van der Waals surface area contributed by atoms with Crippen LogP contribution in [0.1, 0.15) is 82.1 Å². The largest absolute Gasteiger partial charge is 0.492 e. The number of rotatable bonds is 13. The number of amides is 2. The molecule has 332 valence electrons. The Morgan fingerprint density at radius 3 is 1.89 bits per heavy atom. The minimum Gasteiger partial charge on any atom is -0.492 e. The van der Waals surface area contributed by atoms with Crippen LogP contribution in [0.4, 0.5) is 13.2 Å². The van der Waals surface area contributed by atoms with Gasteiger partial charge in [0.2, 0.25) is 0 Å². The van der Waals surface area contributed by atoms with E-state index in [1.165, 1.54) is 28.5 Å². The second-order valence-corrected chi connectivity index (χ2v) is 16.4. The van der Waals surface area contributed by atoms with Crippen LogP contribution in [0.25, 0.3) is 21.5 Å². The van der Waals surface area contributed by atoms with Crippen LogP contribution in [0, 0.1) is 13.8 Å². The molecule has 0 radical (unpaired) electrons. The van der Waals surface area contributed by atoms with Gasteiger partial charge >= 0.3 is 6.18 Å². The molecule has 0 aromatic heterocycles. The van der Waals surface area contributed by atoms with Gasteiger partial charge in [0.25, 0.3) is 11.8 Å². The first-order valence-electron chi connectivity index (χ1n) is 21.7. The second kappa shape index (κ2) is 20.5. The summed E-state index contributed by atoms with van der Waals surface area (Å²) >= 11 is 0. The second-order valence-electron chi connectivity index (χ2n) is 16.4. The van der Waals surface area contributed by atoms with Gasteiger partial charge in [0.1, 0.15) is 24.7 Å². The number of carbonyl (C=O) groups is 2. The molecule has 1 aliphatic carbocycles. The average molecular weight is 861 g/mol. The molecule has 1 saturated carbocycles. The maximum absolute atomic E-state index is 14.0. The Balaban J connectivity index is 0.000000203. The normalized spacial score (nSPS) is 15.8. The first kappa shape index (κ1) is 46.6. The van der Waals surface area contributed by atoms with E-state index >= 15 is 0 Å². The van der Waals surface area contributed by atoms with Gasteiger partial charge in [-0.2, -0.15) is 13.2 Å². The number of nitrogens with zero attached hydrogens (tertiary/aromatic N) is 2. The average Bonchev–Trinajstić information content (AvgIpc) is 4.06. The van der Waals surface area contributed by atoms with Crippen LogP contribution >= 0.6 is 0 Å². The third-order valence-corrected chi connectivity index (χ3v) is 11.7. The minimum atomic E-state index is -4.66. The van der Waals surface area contributed by atoms with Gasteiger partial charge < -0.3 is 25.0 Å². The van der Waals surface area contributed by atoms with Crippen LogP contribution in [0.2, 0.25) is 0 Å². The van der Waals surface area contributed by atoms with E-state index in [9.17, 15) is 22.8 Å². The van der Waals surface area contributed by atoms with Gasteiger partial charge in [-0.15, -0.1) is 0 Å². The van der Waals surface area contributed by atoms with E-state index in [2.05, 4.69) is 62.9 Å². The number of benzene rings is 6. The third kappa shape index (κ3) is 11.4. The van der Waals surface area contributed by atoms with Crippen molar-refractivity contribution in [2.75, 3.05) is 47.4 Å². The molecule has 2 fully saturated rings. The van der Waals surface area contributed by atoms with Crippen molar-refractivity contribution in [3.63, 3.8) is 0 Å². The molecule has 1 aliphatic heterocycles. The molecular formula is C52H59F3N4O4. The van der Waals surface area contributed by atoms with Crippen molar-refractivity contribution in [3.8, 4) is 11.5 Å². The van der Waals surface area contributed by atoms with Crippen LogP contribution in [0.15, 0.2) is 121 Å². The lowest BCUT2D eigenvalue weighted by Crippen LogP contribution is -2.48. The maximum Gasteiger partial charge on any atom is 0.412 e. The van der Waals surface area contributed by atoms with Crippen molar-refractivity contribution < 1.29 is 32.2 Å². The molecule has 11 heteroatoms. The molecule has 0 bridgehead atoms. The third-order valence-electron chi connectivity index (χ3n) is 11.7. The van der Waals surface area contributed by atoms with Gasteiger partial charge in [0, 0.05) is 23.7 Å². The first-order valence-corrected chi connectivity index (χ1v) is 21.7. The monoisotopic (exact) mass is 860 g/mol. The minimum absolute atomic E-state index is 0.0158. The summed E-state index contributed by atoms with van der Waals surface area (Å²) < 4.78 is 53.7. The number of nitrogens with one attached hydrogen (secondary N) is 2. The number of hydrogen-bond donors (Lipinski definition) is 2. The molecule has 6 aromatic carbocycles. The highest BCUT2D eigenvalue weighted by Crippen LogP contribution is 2.48. The molecular weight excluding hydrogens is 802 g/mol. The Morgan fingerprint density at radius 1 is 0.762 bits per heavy atom. The predicted octanol–water partition coefficient (Wildman–Crippen LogP) is 10.8. The van der Waals surface area contributed by atoms with Gasteiger partial charge in [-0.25, -0.2) is 0 Å². The molecule has 2 aliphatic rings. The Labute approximate surface area is 369 Å². The Bertz CT molecular complexity index is 2510. The zero-order valence-corrected chi connectivity index (χ0v) is 37.3. The number of fused-ring (bicyclic) bond motifs is 2. The molecule has 2 atom stereocenters. The van der Waals surface area contributed by atoms with Gasteiger partial charge in [0.05, 0.1) is 5.54 Å². The lowest BCUT2D eigenvalue weighted by atomic mass is 9.96. The van der Waals surface area contributed by atoms with Crippen LogP contribution in [-0.2, 0) is 5.54 Å². The van der Waals surface area contributed by atoms with Crippen molar-refractivity contribution in [1.29, 1.82) is 0 Å². The van der Waals surface area contributed by atoms with Crippen molar-refractivity contribution >= 4 is 33.4 Å². The molecule has 1 saturated heterocycles. The number of halogens is 3. The maximum atomic E-state index is 14.0. The molecule has 6 aromatic rings. The predicted molar refractivity (Wildman–Crippen MR) is 247 cm³/mol. The lowest BCUT2D eigenvalue weighted by molar-refractivity contribution is -0.155. The number of aryl methyl sites for hydroxylation is 2. The van der Waals surface area contributed by atoms with Crippen molar-refractivity contribution in [1.82, 2.24) is 20.4 Å². The molecule has 2 amide bonds. The zero-order valence-electron chi connectivity index (χ0n) is 37.3. The van der Waals surface area contributed by atoms with E-state index < -0.39 is 18.1 Å². The van der Waals surface area contributed by atoms with Gasteiger partial charge in [-0.05, 0) is 129 Å². The highest BCUT2D eigenvalue weighted by molar-refractivity contribution is 5.98. The van der Waals surface area contributed by atoms with E-state index in [1.807, 2.05) is 60.1 Å². The fourth-order valence-electron chi connectivity index (χ4n) is 7.75. The van der Waals surface area contributed by atoms with Crippen molar-refractivity contribution in [3.05, 3.63) is 155 Å². The number of carbonyl (C=O) groups excluding carboxylic acids is 2.